The van der Waals surface area contributed by atoms with Crippen molar-refractivity contribution < 1.29 is 13.2 Å². The molecule has 2 N–H and O–H groups in total. The molecule has 120 valence electrons. The second-order valence-corrected chi connectivity index (χ2v) is 7.68. The molecule has 5 nitrogen and oxygen atoms in total. The monoisotopic (exact) mass is 330 g/mol. The van der Waals surface area contributed by atoms with Crippen molar-refractivity contribution in [1.82, 2.24) is 0 Å². The van der Waals surface area contributed by atoms with Gasteiger partial charge in [0, 0.05) is 24.1 Å². The summed E-state index contributed by atoms with van der Waals surface area (Å²) in [7, 11) is -3.73. The molecule has 0 aromatic heterocycles. The molecule has 0 spiro atoms. The van der Waals surface area contributed by atoms with Gasteiger partial charge in [-0.2, -0.15) is 0 Å². The Kier molecular flexibility index (Phi) is 3.74. The summed E-state index contributed by atoms with van der Waals surface area (Å²) < 4.78 is 22.6. The van der Waals surface area contributed by atoms with Gasteiger partial charge in [-0.25, -0.2) is 13.6 Å². The van der Waals surface area contributed by atoms with Crippen molar-refractivity contribution in [3.8, 4) is 0 Å². The number of anilines is 1. The quantitative estimate of drug-likeness (QED) is 0.935. The zero-order chi connectivity index (χ0) is 16.7. The molecule has 3 rings (SSSR count). The Bertz CT molecular complexity index is 832. The number of benzene rings is 2. The van der Waals surface area contributed by atoms with Crippen molar-refractivity contribution >= 4 is 21.6 Å². The third-order valence-electron chi connectivity index (χ3n) is 4.30. The van der Waals surface area contributed by atoms with E-state index in [0.717, 1.165) is 5.56 Å². The molecule has 1 saturated heterocycles. The van der Waals surface area contributed by atoms with Gasteiger partial charge >= 0.3 is 0 Å². The SMILES string of the molecule is CC1(c2ccccc2)CC(=O)N(c2ccc(S(N)(=O)=O)cc2)C1. The normalized spacial score (nSPS) is 21.7. The number of carbonyl (C=O) groups is 1. The van der Waals surface area contributed by atoms with Gasteiger partial charge in [0.15, 0.2) is 0 Å². The molecule has 1 aliphatic rings. The van der Waals surface area contributed by atoms with Crippen LogP contribution in [0.5, 0.6) is 0 Å². The Balaban J connectivity index is 1.89. The molecule has 0 radical (unpaired) electrons. The maximum Gasteiger partial charge on any atom is 0.238 e. The number of nitrogens with zero attached hydrogens (tertiary/aromatic N) is 1. The van der Waals surface area contributed by atoms with E-state index in [0.29, 0.717) is 18.7 Å². The highest BCUT2D eigenvalue weighted by atomic mass is 32.2. The van der Waals surface area contributed by atoms with Gasteiger partial charge in [0.25, 0.3) is 0 Å². The number of amides is 1. The average Bonchev–Trinajstić information content (AvgIpc) is 2.84. The van der Waals surface area contributed by atoms with Crippen LogP contribution in [0.25, 0.3) is 0 Å². The highest BCUT2D eigenvalue weighted by Crippen LogP contribution is 2.37. The lowest BCUT2D eigenvalue weighted by molar-refractivity contribution is -0.117. The van der Waals surface area contributed by atoms with E-state index in [2.05, 4.69) is 6.92 Å². The van der Waals surface area contributed by atoms with Gasteiger partial charge in [0.05, 0.1) is 4.90 Å². The van der Waals surface area contributed by atoms with Crippen molar-refractivity contribution in [2.45, 2.75) is 23.7 Å². The average molecular weight is 330 g/mol. The molecule has 1 unspecified atom stereocenters. The fourth-order valence-corrected chi connectivity index (χ4v) is 3.52. The minimum absolute atomic E-state index is 0.0275. The zero-order valence-corrected chi connectivity index (χ0v) is 13.6. The third-order valence-corrected chi connectivity index (χ3v) is 5.23. The Hall–Kier alpha value is -2.18. The summed E-state index contributed by atoms with van der Waals surface area (Å²) in [6, 6.07) is 16.0. The molecule has 0 aliphatic carbocycles. The lowest BCUT2D eigenvalue weighted by atomic mass is 9.82. The predicted molar refractivity (Wildman–Crippen MR) is 88.6 cm³/mol. The van der Waals surface area contributed by atoms with E-state index in [1.165, 1.54) is 12.1 Å². The number of carbonyl (C=O) groups excluding carboxylic acids is 1. The number of nitrogens with two attached hydrogens (primary N) is 1. The van der Waals surface area contributed by atoms with Crippen LogP contribution in [-0.2, 0) is 20.2 Å². The fourth-order valence-electron chi connectivity index (χ4n) is 3.01. The first kappa shape index (κ1) is 15.7. The van der Waals surface area contributed by atoms with Crippen LogP contribution in [0.3, 0.4) is 0 Å². The molecule has 6 heteroatoms. The molecule has 2 aromatic carbocycles. The molecule has 2 aromatic rings. The summed E-state index contributed by atoms with van der Waals surface area (Å²) in [5, 5.41) is 5.10. The summed E-state index contributed by atoms with van der Waals surface area (Å²) in [6.07, 6.45) is 0.425. The summed E-state index contributed by atoms with van der Waals surface area (Å²) in [5.74, 6) is 0.0275. The Morgan fingerprint density at radius 2 is 1.65 bits per heavy atom. The minimum atomic E-state index is -3.73. The van der Waals surface area contributed by atoms with E-state index in [-0.39, 0.29) is 16.2 Å². The molecular weight excluding hydrogens is 312 g/mol. The standard InChI is InChI=1S/C17H18N2O3S/c1-17(13-5-3-2-4-6-13)11-16(20)19(12-17)14-7-9-15(10-8-14)23(18,21)22/h2-10H,11-12H2,1H3,(H2,18,21,22). The molecule has 0 saturated carbocycles. The van der Waals surface area contributed by atoms with E-state index < -0.39 is 10.0 Å². The fraction of sp³-hybridized carbons (Fsp3) is 0.235. The van der Waals surface area contributed by atoms with Crippen molar-refractivity contribution in [2.24, 2.45) is 5.14 Å². The van der Waals surface area contributed by atoms with Gasteiger partial charge in [0.1, 0.15) is 0 Å². The maximum atomic E-state index is 12.4. The molecule has 1 heterocycles. The van der Waals surface area contributed by atoms with Crippen LogP contribution < -0.4 is 10.0 Å². The first-order valence-electron chi connectivity index (χ1n) is 7.28. The van der Waals surface area contributed by atoms with E-state index in [9.17, 15) is 13.2 Å². The molecule has 0 bridgehead atoms. The molecular formula is C17H18N2O3S. The van der Waals surface area contributed by atoms with Crippen molar-refractivity contribution in [3.63, 3.8) is 0 Å². The van der Waals surface area contributed by atoms with Crippen LogP contribution in [0.2, 0.25) is 0 Å². The second kappa shape index (κ2) is 5.47. The summed E-state index contributed by atoms with van der Waals surface area (Å²) in [6.45, 7) is 2.63. The van der Waals surface area contributed by atoms with Crippen molar-refractivity contribution in [1.29, 1.82) is 0 Å². The van der Waals surface area contributed by atoms with Gasteiger partial charge in [-0.3, -0.25) is 4.79 Å². The van der Waals surface area contributed by atoms with Crippen LogP contribution in [0.15, 0.2) is 59.5 Å². The number of hydrogen-bond donors (Lipinski definition) is 1. The number of primary sulfonamides is 1. The maximum absolute atomic E-state index is 12.4. The second-order valence-electron chi connectivity index (χ2n) is 6.12. The van der Waals surface area contributed by atoms with Crippen molar-refractivity contribution in [3.05, 3.63) is 60.2 Å². The van der Waals surface area contributed by atoms with Gasteiger partial charge in [-0.05, 0) is 29.8 Å². The smallest absolute Gasteiger partial charge is 0.238 e. The minimum Gasteiger partial charge on any atom is -0.312 e. The van der Waals surface area contributed by atoms with Crippen LogP contribution in [0.4, 0.5) is 5.69 Å². The number of rotatable bonds is 3. The topological polar surface area (TPSA) is 80.5 Å². The largest absolute Gasteiger partial charge is 0.312 e. The lowest BCUT2D eigenvalue weighted by Crippen LogP contribution is -2.29. The molecule has 1 atom stereocenters. The Morgan fingerprint density at radius 3 is 2.22 bits per heavy atom. The first-order chi connectivity index (χ1) is 10.8. The molecule has 23 heavy (non-hydrogen) atoms. The summed E-state index contributed by atoms with van der Waals surface area (Å²) >= 11 is 0. The van der Waals surface area contributed by atoms with E-state index in [1.807, 2.05) is 30.3 Å². The number of hydrogen-bond acceptors (Lipinski definition) is 3. The van der Waals surface area contributed by atoms with Crippen LogP contribution >= 0.6 is 0 Å². The highest BCUT2D eigenvalue weighted by Gasteiger charge is 2.41. The highest BCUT2D eigenvalue weighted by molar-refractivity contribution is 7.89. The zero-order valence-electron chi connectivity index (χ0n) is 12.8. The van der Waals surface area contributed by atoms with E-state index in [1.54, 1.807) is 17.0 Å². The third kappa shape index (κ3) is 3.00. The van der Waals surface area contributed by atoms with Crippen molar-refractivity contribution in [2.75, 3.05) is 11.4 Å². The van der Waals surface area contributed by atoms with Crippen LogP contribution in [0, 0.1) is 0 Å². The Labute approximate surface area is 135 Å². The van der Waals surface area contributed by atoms with E-state index >= 15 is 0 Å². The lowest BCUT2D eigenvalue weighted by Gasteiger charge is -2.24. The summed E-state index contributed by atoms with van der Waals surface area (Å²) in [4.78, 5) is 14.2. The molecule has 1 amide bonds. The Morgan fingerprint density at radius 1 is 1.04 bits per heavy atom. The van der Waals surface area contributed by atoms with Gasteiger partial charge < -0.3 is 4.90 Å². The van der Waals surface area contributed by atoms with E-state index in [4.69, 9.17) is 5.14 Å². The number of sulfonamides is 1. The first-order valence-corrected chi connectivity index (χ1v) is 8.83. The molecule has 1 aliphatic heterocycles. The van der Waals surface area contributed by atoms with Gasteiger partial charge in [0.2, 0.25) is 15.9 Å². The van der Waals surface area contributed by atoms with Gasteiger partial charge in [-0.15, -0.1) is 0 Å². The molecule has 1 fully saturated rings. The van der Waals surface area contributed by atoms with Gasteiger partial charge in [-0.1, -0.05) is 37.3 Å². The predicted octanol–water partition coefficient (Wildman–Crippen LogP) is 2.03. The summed E-state index contributed by atoms with van der Waals surface area (Å²) in [5.41, 5.74) is 1.55. The van der Waals surface area contributed by atoms with Crippen LogP contribution in [-0.4, -0.2) is 20.9 Å². The van der Waals surface area contributed by atoms with Crippen LogP contribution in [0.1, 0.15) is 18.9 Å².